The number of aryl methyl sites for hydroxylation is 1. The fourth-order valence-electron chi connectivity index (χ4n) is 4.97. The second-order valence-electron chi connectivity index (χ2n) is 10.6. The number of benzene rings is 3. The van der Waals surface area contributed by atoms with Crippen LogP contribution in [0.5, 0.6) is 0 Å². The van der Waals surface area contributed by atoms with Gasteiger partial charge in [0.15, 0.2) is 0 Å². The van der Waals surface area contributed by atoms with Crippen molar-refractivity contribution in [3.8, 4) is 11.1 Å². The van der Waals surface area contributed by atoms with Crippen molar-refractivity contribution in [3.63, 3.8) is 0 Å². The van der Waals surface area contributed by atoms with Crippen molar-refractivity contribution in [3.05, 3.63) is 123 Å². The van der Waals surface area contributed by atoms with Gasteiger partial charge in [0.1, 0.15) is 51.9 Å². The van der Waals surface area contributed by atoms with Crippen molar-refractivity contribution < 1.29 is 27.8 Å². The number of amides is 1. The molecule has 5 rings (SSSR count). The number of carbonyl (C=O) groups is 1. The highest BCUT2D eigenvalue weighted by molar-refractivity contribution is 6.12. The van der Waals surface area contributed by atoms with E-state index in [2.05, 4.69) is 20.6 Å². The molecule has 1 amide bonds. The number of nitrogens with one attached hydrogen (secondary N) is 2. The SMILES string of the molecule is Cc1ncnc(NC(C)c2oc3cccc(F)c3c(=O)c2-c2cccc(F)c2)c1C(=[NH2+])c1ccc(C(=O)NC(C)C)c(F)c1. The van der Waals surface area contributed by atoms with E-state index in [4.69, 9.17) is 9.83 Å². The summed E-state index contributed by atoms with van der Waals surface area (Å²) in [5, 5.41) is 12.1. The lowest BCUT2D eigenvalue weighted by atomic mass is 9.97. The van der Waals surface area contributed by atoms with E-state index in [1.54, 1.807) is 27.7 Å². The average Bonchev–Trinajstić information content (AvgIpc) is 2.96. The Morgan fingerprint density at radius 3 is 2.41 bits per heavy atom. The van der Waals surface area contributed by atoms with Crippen molar-refractivity contribution in [1.29, 1.82) is 0 Å². The monoisotopic (exact) mass is 600 g/mol. The van der Waals surface area contributed by atoms with Gasteiger partial charge in [0.25, 0.3) is 5.91 Å². The minimum absolute atomic E-state index is 0.0149. The fourth-order valence-corrected chi connectivity index (χ4v) is 4.97. The van der Waals surface area contributed by atoms with Crippen LogP contribution in [0.4, 0.5) is 19.0 Å². The first-order valence-electron chi connectivity index (χ1n) is 13.8. The molecule has 8 nitrogen and oxygen atoms in total. The molecule has 1 unspecified atom stereocenters. The van der Waals surface area contributed by atoms with E-state index in [9.17, 15) is 18.4 Å². The Labute approximate surface area is 250 Å². The molecule has 44 heavy (non-hydrogen) atoms. The minimum Gasteiger partial charge on any atom is -0.458 e. The number of nitrogens with zero attached hydrogens (tertiary/aromatic N) is 2. The molecule has 0 saturated heterocycles. The molecule has 0 spiro atoms. The molecule has 0 radical (unpaired) electrons. The molecule has 0 saturated carbocycles. The molecule has 4 N–H and O–H groups in total. The van der Waals surface area contributed by atoms with Crippen LogP contribution in [0.25, 0.3) is 22.1 Å². The summed E-state index contributed by atoms with van der Waals surface area (Å²) in [6.07, 6.45) is 1.31. The van der Waals surface area contributed by atoms with E-state index in [0.29, 0.717) is 11.3 Å². The number of anilines is 1. The summed E-state index contributed by atoms with van der Waals surface area (Å²) in [7, 11) is 0. The van der Waals surface area contributed by atoms with E-state index in [1.165, 1.54) is 54.9 Å². The Morgan fingerprint density at radius 1 is 0.955 bits per heavy atom. The molecular weight excluding hydrogens is 571 g/mol. The van der Waals surface area contributed by atoms with Crippen LogP contribution < -0.4 is 21.5 Å². The quantitative estimate of drug-likeness (QED) is 0.218. The van der Waals surface area contributed by atoms with Crippen LogP contribution in [0.1, 0.15) is 59.8 Å². The summed E-state index contributed by atoms with van der Waals surface area (Å²) in [4.78, 5) is 34.6. The predicted molar refractivity (Wildman–Crippen MR) is 161 cm³/mol. The van der Waals surface area contributed by atoms with Crippen molar-refractivity contribution in [2.75, 3.05) is 5.32 Å². The van der Waals surface area contributed by atoms with Crippen molar-refractivity contribution >= 4 is 28.4 Å². The number of fused-ring (bicyclic) bond motifs is 1. The van der Waals surface area contributed by atoms with Crippen molar-refractivity contribution in [2.24, 2.45) is 0 Å². The lowest BCUT2D eigenvalue weighted by molar-refractivity contribution is -0.111. The van der Waals surface area contributed by atoms with Gasteiger partial charge in [-0.05, 0) is 75.7 Å². The fraction of sp³-hybridized carbons (Fsp3) is 0.182. The number of aromatic nitrogens is 2. The average molecular weight is 601 g/mol. The van der Waals surface area contributed by atoms with Gasteiger partial charge in [-0.1, -0.05) is 18.2 Å². The highest BCUT2D eigenvalue weighted by Crippen LogP contribution is 2.32. The van der Waals surface area contributed by atoms with E-state index < -0.39 is 34.8 Å². The third-order valence-corrected chi connectivity index (χ3v) is 7.01. The van der Waals surface area contributed by atoms with Crippen LogP contribution >= 0.6 is 0 Å². The number of carbonyl (C=O) groups excluding carboxylic acids is 1. The summed E-state index contributed by atoms with van der Waals surface area (Å²) >= 11 is 0. The first-order valence-corrected chi connectivity index (χ1v) is 13.8. The highest BCUT2D eigenvalue weighted by atomic mass is 19.1. The Bertz CT molecular complexity index is 1990. The second-order valence-corrected chi connectivity index (χ2v) is 10.6. The van der Waals surface area contributed by atoms with Crippen molar-refractivity contribution in [2.45, 2.75) is 39.8 Å². The highest BCUT2D eigenvalue weighted by Gasteiger charge is 2.27. The lowest BCUT2D eigenvalue weighted by Gasteiger charge is -2.20. The number of hydrogen-bond donors (Lipinski definition) is 3. The molecule has 0 bridgehead atoms. The van der Waals surface area contributed by atoms with Gasteiger partial charge in [-0.15, -0.1) is 0 Å². The molecule has 0 aliphatic rings. The first-order chi connectivity index (χ1) is 21.0. The van der Waals surface area contributed by atoms with Crippen LogP contribution in [0.2, 0.25) is 0 Å². The Kier molecular flexibility index (Phi) is 8.30. The van der Waals surface area contributed by atoms with Crippen LogP contribution in [0.15, 0.2) is 76.2 Å². The Morgan fingerprint density at radius 2 is 1.70 bits per heavy atom. The van der Waals surface area contributed by atoms with E-state index in [0.717, 1.165) is 12.1 Å². The van der Waals surface area contributed by atoms with Gasteiger partial charge in [-0.25, -0.2) is 23.1 Å². The van der Waals surface area contributed by atoms with Gasteiger partial charge in [0.2, 0.25) is 11.1 Å². The zero-order chi connectivity index (χ0) is 31.7. The van der Waals surface area contributed by atoms with Crippen LogP contribution in [-0.4, -0.2) is 27.6 Å². The Hall–Kier alpha value is -5.32. The smallest absolute Gasteiger partial charge is 0.254 e. The molecule has 2 heterocycles. The maximum Gasteiger partial charge on any atom is 0.254 e. The number of hydrogen-bond acceptors (Lipinski definition) is 6. The second kappa shape index (κ2) is 12.1. The third-order valence-electron chi connectivity index (χ3n) is 7.01. The topological polar surface area (TPSA) is 123 Å². The molecule has 0 aliphatic heterocycles. The molecular formula is C33H29F3N5O3+. The molecule has 1 atom stereocenters. The number of halogens is 3. The molecule has 5 aromatic rings. The van der Waals surface area contributed by atoms with Crippen LogP contribution in [0, 0.1) is 24.4 Å². The van der Waals surface area contributed by atoms with E-state index in [-0.39, 0.29) is 56.6 Å². The maximum atomic E-state index is 15.0. The maximum absolute atomic E-state index is 15.0. The predicted octanol–water partition coefficient (Wildman–Crippen LogP) is 4.88. The van der Waals surface area contributed by atoms with Gasteiger partial charge in [0.05, 0.1) is 22.9 Å². The summed E-state index contributed by atoms with van der Waals surface area (Å²) in [6.45, 7) is 6.92. The Balaban J connectivity index is 1.57. The number of rotatable bonds is 8. The molecule has 2 aromatic heterocycles. The van der Waals surface area contributed by atoms with Gasteiger partial charge in [-0.2, -0.15) is 0 Å². The molecule has 3 aromatic carbocycles. The normalized spacial score (nSPS) is 11.9. The lowest BCUT2D eigenvalue weighted by Crippen LogP contribution is -2.42. The summed E-state index contributed by atoms with van der Waals surface area (Å²) in [6, 6.07) is 12.5. The van der Waals surface area contributed by atoms with Gasteiger partial charge in [-0.3, -0.25) is 15.0 Å². The van der Waals surface area contributed by atoms with Gasteiger partial charge >= 0.3 is 0 Å². The van der Waals surface area contributed by atoms with Crippen LogP contribution in [-0.2, 0) is 0 Å². The standard InChI is InChI=1S/C33H28F3N5O3/c1-16(2)40-33(43)22-12-11-20(14-24(22)36)29(37)26-17(3)38-15-39-32(26)41-18(4)31-27(19-7-5-8-21(34)13-19)30(42)28-23(35)9-6-10-25(28)44-31/h5-16,18,37H,1-4H3,(H,40,43)(H,38,39,41)/p+1. The third kappa shape index (κ3) is 5.81. The number of nitrogens with two attached hydrogens (primary N) is 1. The van der Waals surface area contributed by atoms with E-state index >= 15 is 4.39 Å². The molecule has 11 heteroatoms. The van der Waals surface area contributed by atoms with Crippen molar-refractivity contribution in [1.82, 2.24) is 15.3 Å². The van der Waals surface area contributed by atoms with Gasteiger partial charge in [0, 0.05) is 11.6 Å². The van der Waals surface area contributed by atoms with E-state index in [1.807, 2.05) is 0 Å². The summed E-state index contributed by atoms with van der Waals surface area (Å²) < 4.78 is 50.1. The zero-order valence-corrected chi connectivity index (χ0v) is 24.3. The molecule has 0 fully saturated rings. The largest absolute Gasteiger partial charge is 0.458 e. The van der Waals surface area contributed by atoms with Gasteiger partial charge < -0.3 is 15.1 Å². The first kappa shape index (κ1) is 30.1. The molecule has 0 aliphatic carbocycles. The van der Waals surface area contributed by atoms with Crippen LogP contribution in [0.3, 0.4) is 0 Å². The molecule has 224 valence electrons. The minimum atomic E-state index is -0.784. The summed E-state index contributed by atoms with van der Waals surface area (Å²) in [5.41, 5.74) is 0.614. The summed E-state index contributed by atoms with van der Waals surface area (Å²) in [5.74, 6) is -2.33. The zero-order valence-electron chi connectivity index (χ0n) is 24.3.